The van der Waals surface area contributed by atoms with E-state index >= 15 is 0 Å². The average Bonchev–Trinajstić information content (AvgIpc) is 2.54. The van der Waals surface area contributed by atoms with Crippen molar-refractivity contribution in [1.29, 1.82) is 0 Å². The van der Waals surface area contributed by atoms with E-state index in [9.17, 15) is 18.0 Å². The highest BCUT2D eigenvalue weighted by molar-refractivity contribution is 7.89. The van der Waals surface area contributed by atoms with Crippen LogP contribution in [0.15, 0.2) is 23.1 Å². The molecular formula is C16H24N2O5S. The van der Waals surface area contributed by atoms with Gasteiger partial charge in [0.2, 0.25) is 10.0 Å². The molecule has 0 saturated heterocycles. The number of sulfonamides is 1. The lowest BCUT2D eigenvalue weighted by Gasteiger charge is -2.18. The normalized spacial score (nSPS) is 11.2. The van der Waals surface area contributed by atoms with Crippen molar-refractivity contribution in [3.05, 3.63) is 29.3 Å². The molecule has 1 rings (SSSR count). The zero-order valence-electron chi connectivity index (χ0n) is 14.5. The molecule has 134 valence electrons. The SMILES string of the molecule is CCN(CC)C(=O)COC(=O)CNS(=O)(=O)c1ccc(C)c(C)c1. The first-order valence-corrected chi connectivity index (χ1v) is 9.19. The second kappa shape index (κ2) is 8.79. The molecule has 0 aromatic heterocycles. The molecule has 0 radical (unpaired) electrons. The average molecular weight is 356 g/mol. The molecule has 0 spiro atoms. The van der Waals surface area contributed by atoms with Crippen LogP contribution in [0.5, 0.6) is 0 Å². The Morgan fingerprint density at radius 2 is 1.75 bits per heavy atom. The standard InChI is InChI=1S/C16H24N2O5S/c1-5-18(6-2)15(19)11-23-16(20)10-17-24(21,22)14-8-7-12(3)13(4)9-14/h7-9,17H,5-6,10-11H2,1-4H3. The Kier molecular flexibility index (Phi) is 7.37. The molecule has 0 fully saturated rings. The van der Waals surface area contributed by atoms with Crippen LogP contribution in [0.1, 0.15) is 25.0 Å². The van der Waals surface area contributed by atoms with Crippen molar-refractivity contribution < 1.29 is 22.7 Å². The van der Waals surface area contributed by atoms with Gasteiger partial charge in [0.1, 0.15) is 6.54 Å². The molecule has 0 unspecified atom stereocenters. The molecule has 1 N–H and O–H groups in total. The maximum atomic E-state index is 12.1. The van der Waals surface area contributed by atoms with Crippen molar-refractivity contribution in [3.63, 3.8) is 0 Å². The van der Waals surface area contributed by atoms with Crippen LogP contribution in [0.3, 0.4) is 0 Å². The van der Waals surface area contributed by atoms with Crippen molar-refractivity contribution >= 4 is 21.9 Å². The van der Waals surface area contributed by atoms with E-state index in [2.05, 4.69) is 4.72 Å². The minimum absolute atomic E-state index is 0.0811. The zero-order chi connectivity index (χ0) is 18.3. The van der Waals surface area contributed by atoms with Crippen LogP contribution in [0, 0.1) is 13.8 Å². The number of likely N-dealkylation sites (N-methyl/N-ethyl adjacent to an activating group) is 1. The second-order valence-electron chi connectivity index (χ2n) is 5.30. The van der Waals surface area contributed by atoms with Crippen molar-refractivity contribution in [2.24, 2.45) is 0 Å². The maximum absolute atomic E-state index is 12.1. The second-order valence-corrected chi connectivity index (χ2v) is 7.06. The number of hydrogen-bond donors (Lipinski definition) is 1. The van der Waals surface area contributed by atoms with Gasteiger partial charge >= 0.3 is 5.97 Å². The van der Waals surface area contributed by atoms with Crippen LogP contribution in [0.4, 0.5) is 0 Å². The Bertz CT molecular complexity index is 696. The van der Waals surface area contributed by atoms with E-state index in [1.54, 1.807) is 13.0 Å². The molecular weight excluding hydrogens is 332 g/mol. The third-order valence-corrected chi connectivity index (χ3v) is 5.07. The Morgan fingerprint density at radius 1 is 1.12 bits per heavy atom. The molecule has 0 saturated carbocycles. The van der Waals surface area contributed by atoms with E-state index in [1.165, 1.54) is 17.0 Å². The lowest BCUT2D eigenvalue weighted by Crippen LogP contribution is -2.36. The fraction of sp³-hybridized carbons (Fsp3) is 0.500. The van der Waals surface area contributed by atoms with Crippen LogP contribution < -0.4 is 4.72 Å². The number of esters is 1. The van der Waals surface area contributed by atoms with Crippen molar-refractivity contribution in [1.82, 2.24) is 9.62 Å². The van der Waals surface area contributed by atoms with Gasteiger partial charge < -0.3 is 9.64 Å². The first kappa shape index (κ1) is 20.1. The number of benzene rings is 1. The first-order chi connectivity index (χ1) is 11.2. The molecule has 1 aromatic carbocycles. The van der Waals surface area contributed by atoms with Gasteiger partial charge in [0.25, 0.3) is 5.91 Å². The summed E-state index contributed by atoms with van der Waals surface area (Å²) >= 11 is 0. The van der Waals surface area contributed by atoms with Crippen LogP contribution in [-0.2, 0) is 24.3 Å². The van der Waals surface area contributed by atoms with Gasteiger partial charge in [-0.1, -0.05) is 6.07 Å². The number of nitrogens with one attached hydrogen (secondary N) is 1. The molecule has 0 atom stereocenters. The quantitative estimate of drug-likeness (QED) is 0.701. The number of rotatable bonds is 8. The predicted molar refractivity (Wildman–Crippen MR) is 90.0 cm³/mol. The van der Waals surface area contributed by atoms with Gasteiger partial charge in [-0.2, -0.15) is 4.72 Å². The van der Waals surface area contributed by atoms with Crippen molar-refractivity contribution in [3.8, 4) is 0 Å². The van der Waals surface area contributed by atoms with Gasteiger partial charge in [-0.05, 0) is 51.0 Å². The van der Waals surface area contributed by atoms with Crippen LogP contribution in [0.2, 0.25) is 0 Å². The minimum Gasteiger partial charge on any atom is -0.455 e. The number of amides is 1. The smallest absolute Gasteiger partial charge is 0.321 e. The molecule has 24 heavy (non-hydrogen) atoms. The third kappa shape index (κ3) is 5.61. The number of nitrogens with zero attached hydrogens (tertiary/aromatic N) is 1. The first-order valence-electron chi connectivity index (χ1n) is 7.71. The number of hydrogen-bond acceptors (Lipinski definition) is 5. The summed E-state index contributed by atoms with van der Waals surface area (Å²) in [6.45, 7) is 7.44. The molecule has 0 bridgehead atoms. The molecule has 7 nitrogen and oxygen atoms in total. The molecule has 8 heteroatoms. The van der Waals surface area contributed by atoms with Gasteiger partial charge in [-0.3, -0.25) is 9.59 Å². The van der Waals surface area contributed by atoms with E-state index in [-0.39, 0.29) is 10.8 Å². The Hall–Kier alpha value is -1.93. The highest BCUT2D eigenvalue weighted by Gasteiger charge is 2.18. The van der Waals surface area contributed by atoms with Gasteiger partial charge in [-0.15, -0.1) is 0 Å². The van der Waals surface area contributed by atoms with E-state index in [0.717, 1.165) is 11.1 Å². The molecule has 0 aliphatic rings. The topological polar surface area (TPSA) is 92.8 Å². The summed E-state index contributed by atoms with van der Waals surface area (Å²) in [7, 11) is -3.80. The summed E-state index contributed by atoms with van der Waals surface area (Å²) in [5.74, 6) is -1.12. The number of ether oxygens (including phenoxy) is 1. The van der Waals surface area contributed by atoms with E-state index < -0.39 is 29.1 Å². The molecule has 1 amide bonds. The zero-order valence-corrected chi connectivity index (χ0v) is 15.3. The number of aryl methyl sites for hydroxylation is 2. The Morgan fingerprint density at radius 3 is 2.29 bits per heavy atom. The lowest BCUT2D eigenvalue weighted by molar-refractivity contribution is -0.150. The molecule has 0 aliphatic heterocycles. The summed E-state index contributed by atoms with van der Waals surface area (Å²) < 4.78 is 31.3. The fourth-order valence-corrected chi connectivity index (χ4v) is 3.03. The largest absolute Gasteiger partial charge is 0.455 e. The monoisotopic (exact) mass is 356 g/mol. The van der Waals surface area contributed by atoms with Crippen LogP contribution in [0.25, 0.3) is 0 Å². The Balaban J connectivity index is 2.56. The van der Waals surface area contributed by atoms with Crippen LogP contribution >= 0.6 is 0 Å². The summed E-state index contributed by atoms with van der Waals surface area (Å²) in [5.41, 5.74) is 1.81. The Labute approximate surface area is 143 Å². The molecule has 1 aromatic rings. The summed E-state index contributed by atoms with van der Waals surface area (Å²) in [6.07, 6.45) is 0. The summed E-state index contributed by atoms with van der Waals surface area (Å²) in [5, 5.41) is 0. The predicted octanol–water partition coefficient (Wildman–Crippen LogP) is 0.993. The van der Waals surface area contributed by atoms with Crippen LogP contribution in [-0.4, -0.2) is 51.4 Å². The summed E-state index contributed by atoms with van der Waals surface area (Å²) in [4.78, 5) is 24.9. The van der Waals surface area contributed by atoms with Gasteiger partial charge in [-0.25, -0.2) is 8.42 Å². The third-order valence-electron chi connectivity index (χ3n) is 3.67. The molecule has 0 aliphatic carbocycles. The number of carbonyl (C=O) groups excluding carboxylic acids is 2. The van der Waals surface area contributed by atoms with Gasteiger partial charge in [0, 0.05) is 13.1 Å². The summed E-state index contributed by atoms with van der Waals surface area (Å²) in [6, 6.07) is 4.71. The van der Waals surface area contributed by atoms with E-state index in [4.69, 9.17) is 4.74 Å². The lowest BCUT2D eigenvalue weighted by atomic mass is 10.1. The highest BCUT2D eigenvalue weighted by atomic mass is 32.2. The van der Waals surface area contributed by atoms with E-state index in [1.807, 2.05) is 20.8 Å². The molecule has 0 heterocycles. The highest BCUT2D eigenvalue weighted by Crippen LogP contribution is 2.14. The van der Waals surface area contributed by atoms with Gasteiger partial charge in [0.15, 0.2) is 6.61 Å². The van der Waals surface area contributed by atoms with Crippen molar-refractivity contribution in [2.45, 2.75) is 32.6 Å². The van der Waals surface area contributed by atoms with Gasteiger partial charge in [0.05, 0.1) is 4.90 Å². The maximum Gasteiger partial charge on any atom is 0.321 e. The fourth-order valence-electron chi connectivity index (χ4n) is 1.98. The number of carbonyl (C=O) groups is 2. The van der Waals surface area contributed by atoms with E-state index in [0.29, 0.717) is 13.1 Å². The van der Waals surface area contributed by atoms with Crippen molar-refractivity contribution in [2.75, 3.05) is 26.2 Å². The minimum atomic E-state index is -3.80.